The standard InChI is InChI=1S/C32H36ClNO5/c1-2-27(38-22-14-15-24-23-7-3-4-8-25(23)31(36)39-28(24)19-22)30(35)34-18-17-32(37)16-6-5-9-26(32)29(34)20-10-12-21(33)13-11-20/h10-15,19,26-27,29,37H,2-9,16-18H2,1H3/t26-,27-,29-,32+/m0/s1. The number of amides is 1. The van der Waals surface area contributed by atoms with E-state index in [-0.39, 0.29) is 23.5 Å². The SMILES string of the molecule is CC[C@H](Oc1ccc2c3c(c(=O)oc2c1)CCCC3)C(=O)N1CC[C@]2(O)CCCC[C@H]2[C@@H]1c1ccc(Cl)cc1. The van der Waals surface area contributed by atoms with Gasteiger partial charge in [0.15, 0.2) is 6.10 Å². The van der Waals surface area contributed by atoms with Gasteiger partial charge in [-0.05, 0) is 86.8 Å². The predicted molar refractivity (Wildman–Crippen MR) is 151 cm³/mol. The van der Waals surface area contributed by atoms with Gasteiger partial charge in [0.25, 0.3) is 5.91 Å². The number of carbonyl (C=O) groups excluding carboxylic acids is 1. The third kappa shape index (κ3) is 4.87. The Bertz CT molecular complexity index is 1430. The van der Waals surface area contributed by atoms with Crippen LogP contribution >= 0.6 is 11.6 Å². The van der Waals surface area contributed by atoms with E-state index in [9.17, 15) is 14.7 Å². The molecule has 0 bridgehead atoms. The minimum atomic E-state index is -0.767. The Kier molecular flexibility index (Phi) is 7.19. The van der Waals surface area contributed by atoms with Crippen molar-refractivity contribution in [3.8, 4) is 5.75 Å². The van der Waals surface area contributed by atoms with Gasteiger partial charge in [-0.25, -0.2) is 4.79 Å². The summed E-state index contributed by atoms with van der Waals surface area (Å²) < 4.78 is 12.0. The van der Waals surface area contributed by atoms with Gasteiger partial charge in [0.05, 0.1) is 11.6 Å². The average Bonchev–Trinajstić information content (AvgIpc) is 2.95. The molecule has 0 unspecified atom stereocenters. The van der Waals surface area contributed by atoms with Crippen LogP contribution in [0.25, 0.3) is 11.0 Å². The molecule has 0 spiro atoms. The van der Waals surface area contributed by atoms with E-state index in [0.717, 1.165) is 73.4 Å². The van der Waals surface area contributed by atoms with Gasteiger partial charge in [0, 0.05) is 34.5 Å². The summed E-state index contributed by atoms with van der Waals surface area (Å²) in [5.41, 5.74) is 2.34. The molecule has 2 heterocycles. The Hall–Kier alpha value is -2.83. The van der Waals surface area contributed by atoms with Crippen molar-refractivity contribution in [1.82, 2.24) is 4.90 Å². The molecule has 2 fully saturated rings. The number of rotatable bonds is 5. The van der Waals surface area contributed by atoms with E-state index in [2.05, 4.69) is 0 Å². The number of piperidine rings is 1. The van der Waals surface area contributed by atoms with Crippen molar-refractivity contribution in [2.75, 3.05) is 6.54 Å². The second-order valence-electron chi connectivity index (χ2n) is 11.5. The van der Waals surface area contributed by atoms with Gasteiger partial charge in [0.2, 0.25) is 0 Å². The molecule has 1 amide bonds. The molecule has 1 saturated heterocycles. The zero-order valence-corrected chi connectivity index (χ0v) is 23.2. The number of fused-ring (bicyclic) bond motifs is 4. The summed E-state index contributed by atoms with van der Waals surface area (Å²) in [4.78, 5) is 28.6. The lowest BCUT2D eigenvalue weighted by Crippen LogP contribution is -2.58. The van der Waals surface area contributed by atoms with Gasteiger partial charge in [-0.2, -0.15) is 0 Å². The molecule has 7 heteroatoms. The quantitative estimate of drug-likeness (QED) is 0.374. The molecule has 1 aromatic heterocycles. The molecule has 1 N–H and O–H groups in total. The number of hydrogen-bond acceptors (Lipinski definition) is 5. The highest BCUT2D eigenvalue weighted by Crippen LogP contribution is 2.49. The van der Waals surface area contributed by atoms with Crippen LogP contribution in [0.15, 0.2) is 51.7 Å². The summed E-state index contributed by atoms with van der Waals surface area (Å²) in [6.45, 7) is 2.41. The Labute approximate surface area is 233 Å². The van der Waals surface area contributed by atoms with E-state index in [1.54, 1.807) is 6.07 Å². The monoisotopic (exact) mass is 549 g/mol. The van der Waals surface area contributed by atoms with Gasteiger partial charge < -0.3 is 19.2 Å². The largest absolute Gasteiger partial charge is 0.480 e. The molecule has 1 aliphatic heterocycles. The maximum atomic E-state index is 14.1. The van der Waals surface area contributed by atoms with Crippen LogP contribution in [-0.2, 0) is 17.6 Å². The van der Waals surface area contributed by atoms with E-state index in [1.807, 2.05) is 48.2 Å². The molecule has 6 nitrogen and oxygen atoms in total. The second-order valence-corrected chi connectivity index (χ2v) is 11.9. The maximum absolute atomic E-state index is 14.1. The fraction of sp³-hybridized carbons (Fsp3) is 0.500. The smallest absolute Gasteiger partial charge is 0.339 e. The van der Waals surface area contributed by atoms with E-state index in [0.29, 0.717) is 35.7 Å². The number of hydrogen-bond donors (Lipinski definition) is 1. The third-order valence-corrected chi connectivity index (χ3v) is 9.43. The zero-order valence-electron chi connectivity index (χ0n) is 22.5. The summed E-state index contributed by atoms with van der Waals surface area (Å²) >= 11 is 6.19. The van der Waals surface area contributed by atoms with E-state index in [1.165, 1.54) is 0 Å². The normalized spacial score (nSPS) is 25.6. The fourth-order valence-corrected chi connectivity index (χ4v) is 7.28. The van der Waals surface area contributed by atoms with Crippen molar-refractivity contribution in [3.63, 3.8) is 0 Å². The number of benzene rings is 2. The summed E-state index contributed by atoms with van der Waals surface area (Å²) in [5, 5.41) is 13.2. The number of carbonyl (C=O) groups is 1. The van der Waals surface area contributed by atoms with Gasteiger partial charge in [-0.15, -0.1) is 0 Å². The molecule has 206 valence electrons. The molecule has 2 aromatic carbocycles. The lowest BCUT2D eigenvalue weighted by atomic mass is 9.66. The number of halogens is 1. The van der Waals surface area contributed by atoms with Crippen LogP contribution in [0.2, 0.25) is 5.02 Å². The van der Waals surface area contributed by atoms with Gasteiger partial charge in [-0.3, -0.25) is 4.79 Å². The number of likely N-dealkylation sites (tertiary alicyclic amines) is 1. The number of aliphatic hydroxyl groups is 1. The van der Waals surface area contributed by atoms with Crippen LogP contribution in [0.1, 0.15) is 81.0 Å². The number of nitrogens with zero attached hydrogens (tertiary/aromatic N) is 1. The predicted octanol–water partition coefficient (Wildman–Crippen LogP) is 6.38. The fourth-order valence-electron chi connectivity index (χ4n) is 7.16. The van der Waals surface area contributed by atoms with Crippen LogP contribution in [0.5, 0.6) is 5.75 Å². The van der Waals surface area contributed by atoms with Crippen LogP contribution in [0.3, 0.4) is 0 Å². The molecule has 2 aliphatic carbocycles. The van der Waals surface area contributed by atoms with Gasteiger partial charge in [-0.1, -0.05) is 43.5 Å². The van der Waals surface area contributed by atoms with Crippen LogP contribution in [-0.4, -0.2) is 34.2 Å². The minimum Gasteiger partial charge on any atom is -0.480 e. The summed E-state index contributed by atoms with van der Waals surface area (Å²) in [5.74, 6) is 0.386. The summed E-state index contributed by atoms with van der Waals surface area (Å²) in [6, 6.07) is 13.0. The molecule has 4 atom stereocenters. The van der Waals surface area contributed by atoms with Gasteiger partial charge in [0.1, 0.15) is 11.3 Å². The first-order valence-corrected chi connectivity index (χ1v) is 14.8. The van der Waals surface area contributed by atoms with Crippen molar-refractivity contribution in [1.29, 1.82) is 0 Å². The van der Waals surface area contributed by atoms with Crippen molar-refractivity contribution in [3.05, 3.63) is 74.6 Å². The highest BCUT2D eigenvalue weighted by Gasteiger charge is 2.51. The zero-order chi connectivity index (χ0) is 27.1. The number of aryl methyl sites for hydroxylation is 1. The van der Waals surface area contributed by atoms with Crippen molar-refractivity contribution < 1.29 is 19.1 Å². The second kappa shape index (κ2) is 10.6. The Balaban J connectivity index is 1.30. The Morgan fingerprint density at radius 1 is 1.10 bits per heavy atom. The first kappa shape index (κ1) is 26.4. The van der Waals surface area contributed by atoms with E-state index < -0.39 is 11.7 Å². The Morgan fingerprint density at radius 2 is 1.87 bits per heavy atom. The molecule has 3 aliphatic rings. The molecule has 39 heavy (non-hydrogen) atoms. The van der Waals surface area contributed by atoms with Crippen molar-refractivity contribution >= 4 is 28.5 Å². The average molecular weight is 550 g/mol. The van der Waals surface area contributed by atoms with Gasteiger partial charge >= 0.3 is 5.63 Å². The molecular weight excluding hydrogens is 514 g/mol. The summed E-state index contributed by atoms with van der Waals surface area (Å²) in [6.07, 6.45) is 7.77. The molecule has 1 saturated carbocycles. The van der Waals surface area contributed by atoms with Crippen LogP contribution in [0.4, 0.5) is 0 Å². The summed E-state index contributed by atoms with van der Waals surface area (Å²) in [7, 11) is 0. The molecule has 3 aromatic rings. The van der Waals surface area contributed by atoms with Crippen LogP contribution < -0.4 is 10.4 Å². The van der Waals surface area contributed by atoms with Crippen molar-refractivity contribution in [2.45, 2.75) is 88.9 Å². The van der Waals surface area contributed by atoms with E-state index in [4.69, 9.17) is 20.8 Å². The lowest BCUT2D eigenvalue weighted by Gasteiger charge is -2.53. The first-order valence-electron chi connectivity index (χ1n) is 14.4. The topological polar surface area (TPSA) is 80.0 Å². The lowest BCUT2D eigenvalue weighted by molar-refractivity contribution is -0.161. The molecule has 6 rings (SSSR count). The molecular formula is C32H36ClNO5. The highest BCUT2D eigenvalue weighted by molar-refractivity contribution is 6.30. The molecule has 0 radical (unpaired) electrons. The first-order chi connectivity index (χ1) is 18.9. The minimum absolute atomic E-state index is 0.0382. The Morgan fingerprint density at radius 3 is 2.64 bits per heavy atom. The third-order valence-electron chi connectivity index (χ3n) is 9.18. The van der Waals surface area contributed by atoms with Crippen molar-refractivity contribution in [2.24, 2.45) is 5.92 Å². The van der Waals surface area contributed by atoms with E-state index >= 15 is 0 Å². The number of ether oxygens (including phenoxy) is 1. The highest BCUT2D eigenvalue weighted by atomic mass is 35.5. The maximum Gasteiger partial charge on any atom is 0.339 e. The van der Waals surface area contributed by atoms with Crippen LogP contribution in [0, 0.1) is 5.92 Å².